The molecule has 9 heavy (non-hydrogen) atoms. The average molecular weight is 126 g/mol. The second-order valence-corrected chi connectivity index (χ2v) is 2.07. The molecule has 0 aromatic carbocycles. The molecule has 3 heteroatoms. The third kappa shape index (κ3) is 1.83. The van der Waals surface area contributed by atoms with Gasteiger partial charge >= 0.3 is 0 Å². The Kier molecular flexibility index (Phi) is 1.82. The van der Waals surface area contributed by atoms with Gasteiger partial charge in [-0.05, 0) is 6.92 Å². The maximum atomic E-state index is 4.85. The van der Waals surface area contributed by atoms with Gasteiger partial charge in [-0.2, -0.15) is 0 Å². The largest absolute Gasteiger partial charge is 0.342 e. The van der Waals surface area contributed by atoms with Crippen molar-refractivity contribution in [2.24, 2.45) is 10.1 Å². The fraction of sp³-hybridized carbons (Fsp3) is 0.667. The minimum Gasteiger partial charge on any atom is -0.342 e. The lowest BCUT2D eigenvalue weighted by molar-refractivity contribution is 0.326. The van der Waals surface area contributed by atoms with Crippen LogP contribution in [-0.2, 0) is 4.84 Å². The first-order chi connectivity index (χ1) is 4.29. The standard InChI is InChI=1S/C6H10N2O/c1-5-3-4-7-6(2)9-8-5/h3-4H2,1-2H3. The molecule has 0 saturated heterocycles. The van der Waals surface area contributed by atoms with Crippen molar-refractivity contribution in [1.29, 1.82) is 0 Å². The Morgan fingerprint density at radius 2 is 2.22 bits per heavy atom. The monoisotopic (exact) mass is 126 g/mol. The van der Waals surface area contributed by atoms with E-state index in [0.29, 0.717) is 5.90 Å². The highest BCUT2D eigenvalue weighted by molar-refractivity contribution is 5.84. The Bertz CT molecular complexity index is 160. The van der Waals surface area contributed by atoms with Gasteiger partial charge in [-0.25, -0.2) is 0 Å². The van der Waals surface area contributed by atoms with Crippen molar-refractivity contribution in [1.82, 2.24) is 0 Å². The lowest BCUT2D eigenvalue weighted by Crippen LogP contribution is -1.91. The van der Waals surface area contributed by atoms with Crippen LogP contribution >= 0.6 is 0 Å². The Hall–Kier alpha value is -0.860. The van der Waals surface area contributed by atoms with Crippen LogP contribution in [0.2, 0.25) is 0 Å². The molecule has 0 atom stereocenters. The molecule has 1 aliphatic rings. The molecule has 1 heterocycles. The predicted octanol–water partition coefficient (Wildman–Crippen LogP) is 1.20. The summed E-state index contributed by atoms with van der Waals surface area (Å²) in [5.41, 5.74) is 1.01. The van der Waals surface area contributed by atoms with E-state index in [1.807, 2.05) is 13.8 Å². The van der Waals surface area contributed by atoms with Crippen molar-refractivity contribution in [3.05, 3.63) is 0 Å². The highest BCUT2D eigenvalue weighted by Gasteiger charge is 1.98. The molecule has 3 nitrogen and oxygen atoms in total. The van der Waals surface area contributed by atoms with E-state index in [0.717, 1.165) is 18.7 Å². The molecule has 1 aliphatic heterocycles. The second-order valence-electron chi connectivity index (χ2n) is 2.07. The lowest BCUT2D eigenvalue weighted by Gasteiger charge is -1.90. The molecule has 0 unspecified atom stereocenters. The molecule has 0 aromatic heterocycles. The van der Waals surface area contributed by atoms with Gasteiger partial charge in [0.05, 0.1) is 5.71 Å². The number of aliphatic imine (C=N–C) groups is 1. The molecule has 0 amide bonds. The summed E-state index contributed by atoms with van der Waals surface area (Å²) in [6.45, 7) is 4.55. The van der Waals surface area contributed by atoms with Gasteiger partial charge < -0.3 is 4.84 Å². The second kappa shape index (κ2) is 2.62. The van der Waals surface area contributed by atoms with Crippen LogP contribution in [0.1, 0.15) is 20.3 Å². The maximum Gasteiger partial charge on any atom is 0.217 e. The Morgan fingerprint density at radius 1 is 1.44 bits per heavy atom. The zero-order valence-electron chi connectivity index (χ0n) is 5.72. The van der Waals surface area contributed by atoms with E-state index in [1.54, 1.807) is 0 Å². The first-order valence-corrected chi connectivity index (χ1v) is 3.00. The van der Waals surface area contributed by atoms with Crippen LogP contribution in [0.15, 0.2) is 10.1 Å². The summed E-state index contributed by atoms with van der Waals surface area (Å²) in [6.07, 6.45) is 0.914. The third-order valence-corrected chi connectivity index (χ3v) is 1.14. The minimum absolute atomic E-state index is 0.659. The van der Waals surface area contributed by atoms with Gasteiger partial charge in [-0.15, -0.1) is 0 Å². The summed E-state index contributed by atoms with van der Waals surface area (Å²) in [5, 5.41) is 3.79. The van der Waals surface area contributed by atoms with Crippen LogP contribution in [0, 0.1) is 0 Å². The fourth-order valence-electron chi connectivity index (χ4n) is 0.594. The molecule has 0 spiro atoms. The normalized spacial score (nSPS) is 19.3. The lowest BCUT2D eigenvalue weighted by atomic mass is 10.3. The van der Waals surface area contributed by atoms with Gasteiger partial charge in [0.15, 0.2) is 0 Å². The van der Waals surface area contributed by atoms with Gasteiger partial charge in [0.2, 0.25) is 5.90 Å². The van der Waals surface area contributed by atoms with Crippen molar-refractivity contribution in [2.75, 3.05) is 6.54 Å². The third-order valence-electron chi connectivity index (χ3n) is 1.14. The SMILES string of the molecule is CC1=NOC(C)=NCC1. The van der Waals surface area contributed by atoms with E-state index in [4.69, 9.17) is 4.84 Å². The molecule has 0 bridgehead atoms. The molecule has 0 radical (unpaired) electrons. The van der Waals surface area contributed by atoms with Crippen LogP contribution in [0.5, 0.6) is 0 Å². The van der Waals surface area contributed by atoms with Crippen LogP contribution < -0.4 is 0 Å². The summed E-state index contributed by atoms with van der Waals surface area (Å²) < 4.78 is 0. The summed E-state index contributed by atoms with van der Waals surface area (Å²) in [7, 11) is 0. The first-order valence-electron chi connectivity index (χ1n) is 3.00. The van der Waals surface area contributed by atoms with Crippen molar-refractivity contribution in [3.8, 4) is 0 Å². The summed E-state index contributed by atoms with van der Waals surface area (Å²) in [4.78, 5) is 8.91. The molecular formula is C6H10N2O. The number of oxime groups is 1. The molecule has 50 valence electrons. The minimum atomic E-state index is 0.659. The Balaban J connectivity index is 2.58. The smallest absolute Gasteiger partial charge is 0.217 e. The van der Waals surface area contributed by atoms with Crippen LogP contribution in [0.25, 0.3) is 0 Å². The van der Waals surface area contributed by atoms with Gasteiger partial charge in [-0.1, -0.05) is 5.16 Å². The molecule has 0 aromatic rings. The summed E-state index contributed by atoms with van der Waals surface area (Å²) in [5.74, 6) is 0.659. The van der Waals surface area contributed by atoms with Gasteiger partial charge in [0.1, 0.15) is 0 Å². The zero-order valence-corrected chi connectivity index (χ0v) is 5.72. The van der Waals surface area contributed by atoms with E-state index in [2.05, 4.69) is 10.1 Å². The van der Waals surface area contributed by atoms with E-state index >= 15 is 0 Å². The first kappa shape index (κ1) is 6.26. The Labute approximate surface area is 54.4 Å². The van der Waals surface area contributed by atoms with Crippen molar-refractivity contribution in [2.45, 2.75) is 20.3 Å². The molecule has 0 N–H and O–H groups in total. The number of nitrogens with zero attached hydrogens (tertiary/aromatic N) is 2. The predicted molar refractivity (Wildman–Crippen MR) is 36.8 cm³/mol. The quantitative estimate of drug-likeness (QED) is 0.480. The number of rotatable bonds is 0. The van der Waals surface area contributed by atoms with E-state index in [1.165, 1.54) is 0 Å². The molecular weight excluding hydrogens is 116 g/mol. The van der Waals surface area contributed by atoms with E-state index in [-0.39, 0.29) is 0 Å². The van der Waals surface area contributed by atoms with Crippen molar-refractivity contribution < 1.29 is 4.84 Å². The topological polar surface area (TPSA) is 34.0 Å². The molecule has 0 saturated carbocycles. The molecule has 0 aliphatic carbocycles. The maximum absolute atomic E-state index is 4.85. The number of hydrogen-bond donors (Lipinski definition) is 0. The van der Waals surface area contributed by atoms with Crippen molar-refractivity contribution in [3.63, 3.8) is 0 Å². The van der Waals surface area contributed by atoms with E-state index < -0.39 is 0 Å². The number of hydrogen-bond acceptors (Lipinski definition) is 3. The van der Waals surface area contributed by atoms with Crippen molar-refractivity contribution >= 4 is 11.6 Å². The van der Waals surface area contributed by atoms with E-state index in [9.17, 15) is 0 Å². The average Bonchev–Trinajstić information content (AvgIpc) is 1.97. The summed E-state index contributed by atoms with van der Waals surface area (Å²) in [6, 6.07) is 0. The van der Waals surface area contributed by atoms with Gasteiger partial charge in [-0.3, -0.25) is 4.99 Å². The van der Waals surface area contributed by atoms with Crippen LogP contribution in [-0.4, -0.2) is 18.2 Å². The molecule has 1 rings (SSSR count). The highest BCUT2D eigenvalue weighted by Crippen LogP contribution is 1.96. The molecule has 0 fully saturated rings. The Morgan fingerprint density at radius 3 is 3.00 bits per heavy atom. The van der Waals surface area contributed by atoms with Crippen LogP contribution in [0.4, 0.5) is 0 Å². The fourth-order valence-corrected chi connectivity index (χ4v) is 0.594. The summed E-state index contributed by atoms with van der Waals surface area (Å²) >= 11 is 0. The van der Waals surface area contributed by atoms with Gasteiger partial charge in [0.25, 0.3) is 0 Å². The van der Waals surface area contributed by atoms with Crippen LogP contribution in [0.3, 0.4) is 0 Å². The highest BCUT2D eigenvalue weighted by atomic mass is 16.6. The van der Waals surface area contributed by atoms with Gasteiger partial charge in [0, 0.05) is 19.9 Å². The zero-order chi connectivity index (χ0) is 6.69.